The molecule has 1 aromatic rings. The van der Waals surface area contributed by atoms with E-state index in [4.69, 9.17) is 4.74 Å². The van der Waals surface area contributed by atoms with Gasteiger partial charge in [0.2, 0.25) is 0 Å². The Bertz CT molecular complexity index is 473. The van der Waals surface area contributed by atoms with Crippen molar-refractivity contribution < 1.29 is 9.53 Å². The van der Waals surface area contributed by atoms with E-state index in [0.29, 0.717) is 6.10 Å². The molecule has 19 heavy (non-hydrogen) atoms. The van der Waals surface area contributed by atoms with E-state index in [1.807, 2.05) is 24.3 Å². The Balaban J connectivity index is 1.78. The van der Waals surface area contributed by atoms with Crippen LogP contribution in [0.3, 0.4) is 0 Å². The smallest absolute Gasteiger partial charge is 0.170 e. The Morgan fingerprint density at radius 2 is 2.26 bits per heavy atom. The van der Waals surface area contributed by atoms with Crippen molar-refractivity contribution >= 4 is 5.78 Å². The second-order valence-electron chi connectivity index (χ2n) is 6.02. The minimum absolute atomic E-state index is 0.237. The summed E-state index contributed by atoms with van der Waals surface area (Å²) in [4.78, 5) is 12.7. The maximum absolute atomic E-state index is 12.7. The second kappa shape index (κ2) is 4.97. The van der Waals surface area contributed by atoms with Crippen molar-refractivity contribution in [3.63, 3.8) is 0 Å². The van der Waals surface area contributed by atoms with E-state index >= 15 is 0 Å². The van der Waals surface area contributed by atoms with E-state index in [9.17, 15) is 4.79 Å². The van der Waals surface area contributed by atoms with Crippen LogP contribution in [0, 0.1) is 5.41 Å². The fourth-order valence-corrected chi connectivity index (χ4v) is 2.69. The van der Waals surface area contributed by atoms with Crippen LogP contribution in [-0.2, 0) is 0 Å². The van der Waals surface area contributed by atoms with Gasteiger partial charge in [-0.05, 0) is 44.4 Å². The number of carbonyl (C=O) groups is 1. The highest BCUT2D eigenvalue weighted by Gasteiger charge is 2.35. The summed E-state index contributed by atoms with van der Waals surface area (Å²) in [6.07, 6.45) is 4.68. The van der Waals surface area contributed by atoms with Gasteiger partial charge in [-0.2, -0.15) is 0 Å². The Hall–Kier alpha value is -1.35. The lowest BCUT2D eigenvalue weighted by atomic mass is 9.76. The standard InChI is InChI=1S/C16H21NO2/c1-16(8-3-9-17-11-16)15(18)12-4-2-5-14(10-12)19-13-6-7-13/h2,4-5,10,13,17H,3,6-9,11H2,1H3. The van der Waals surface area contributed by atoms with Crippen molar-refractivity contribution in [1.82, 2.24) is 5.32 Å². The van der Waals surface area contributed by atoms with Gasteiger partial charge in [0.15, 0.2) is 5.78 Å². The number of piperidine rings is 1. The number of hydrogen-bond acceptors (Lipinski definition) is 3. The third kappa shape index (κ3) is 2.81. The van der Waals surface area contributed by atoms with Crippen LogP contribution < -0.4 is 10.1 Å². The minimum Gasteiger partial charge on any atom is -0.490 e. The summed E-state index contributed by atoms with van der Waals surface area (Å²) < 4.78 is 5.77. The molecular formula is C16H21NO2. The lowest BCUT2D eigenvalue weighted by Gasteiger charge is -2.32. The monoisotopic (exact) mass is 259 g/mol. The first kappa shape index (κ1) is 12.7. The lowest BCUT2D eigenvalue weighted by molar-refractivity contribution is 0.0772. The highest BCUT2D eigenvalue weighted by Crippen LogP contribution is 2.32. The molecule has 1 atom stereocenters. The van der Waals surface area contributed by atoms with Crippen molar-refractivity contribution in [2.45, 2.75) is 38.7 Å². The summed E-state index contributed by atoms with van der Waals surface area (Å²) in [5, 5.41) is 3.33. The Labute approximate surface area is 114 Å². The maximum atomic E-state index is 12.7. The quantitative estimate of drug-likeness (QED) is 0.845. The average molecular weight is 259 g/mol. The largest absolute Gasteiger partial charge is 0.490 e. The molecule has 1 unspecified atom stereocenters. The number of carbonyl (C=O) groups excluding carboxylic acids is 1. The van der Waals surface area contributed by atoms with Crippen molar-refractivity contribution in [2.24, 2.45) is 5.41 Å². The number of Topliss-reactive ketones (excluding diaryl/α,β-unsaturated/α-hetero) is 1. The zero-order chi connectivity index (χ0) is 13.3. The molecule has 1 saturated carbocycles. The molecule has 102 valence electrons. The average Bonchev–Trinajstić information content (AvgIpc) is 3.23. The van der Waals surface area contributed by atoms with Gasteiger partial charge in [-0.1, -0.05) is 19.1 Å². The highest BCUT2D eigenvalue weighted by atomic mass is 16.5. The zero-order valence-corrected chi connectivity index (χ0v) is 11.4. The summed E-state index contributed by atoms with van der Waals surface area (Å²) in [6.45, 7) is 3.86. The molecule has 2 fully saturated rings. The molecule has 3 rings (SSSR count). The SMILES string of the molecule is CC1(C(=O)c2cccc(OC3CC3)c2)CCCNC1. The Morgan fingerprint density at radius 3 is 2.95 bits per heavy atom. The molecule has 0 aromatic heterocycles. The van der Waals surface area contributed by atoms with E-state index in [0.717, 1.165) is 50.1 Å². The van der Waals surface area contributed by atoms with Crippen LogP contribution in [0.15, 0.2) is 24.3 Å². The van der Waals surface area contributed by atoms with Crippen LogP contribution in [0.25, 0.3) is 0 Å². The van der Waals surface area contributed by atoms with E-state index in [2.05, 4.69) is 12.2 Å². The summed E-state index contributed by atoms with van der Waals surface area (Å²) in [5.74, 6) is 1.07. The summed E-state index contributed by atoms with van der Waals surface area (Å²) in [6, 6.07) is 7.67. The number of nitrogens with one attached hydrogen (secondary N) is 1. The molecule has 1 aliphatic carbocycles. The first-order valence-corrected chi connectivity index (χ1v) is 7.20. The van der Waals surface area contributed by atoms with Crippen LogP contribution in [0.1, 0.15) is 43.0 Å². The van der Waals surface area contributed by atoms with Crippen molar-refractivity contribution in [1.29, 1.82) is 0 Å². The molecule has 1 heterocycles. The van der Waals surface area contributed by atoms with Crippen LogP contribution in [0.5, 0.6) is 5.75 Å². The molecule has 2 aliphatic rings. The fourth-order valence-electron chi connectivity index (χ4n) is 2.69. The first-order valence-electron chi connectivity index (χ1n) is 7.20. The molecule has 1 aliphatic heterocycles. The van der Waals surface area contributed by atoms with Crippen LogP contribution in [0.4, 0.5) is 0 Å². The predicted molar refractivity (Wildman–Crippen MR) is 74.6 cm³/mol. The molecule has 0 amide bonds. The summed E-state index contributed by atoms with van der Waals surface area (Å²) >= 11 is 0. The third-order valence-electron chi connectivity index (χ3n) is 4.07. The molecule has 0 bridgehead atoms. The number of benzene rings is 1. The van der Waals surface area contributed by atoms with Crippen molar-refractivity contribution in [3.05, 3.63) is 29.8 Å². The minimum atomic E-state index is -0.267. The van der Waals surface area contributed by atoms with E-state index < -0.39 is 0 Å². The van der Waals surface area contributed by atoms with Crippen molar-refractivity contribution in [2.75, 3.05) is 13.1 Å². The van der Waals surface area contributed by atoms with Gasteiger partial charge in [0, 0.05) is 17.5 Å². The topological polar surface area (TPSA) is 38.3 Å². The Kier molecular flexibility index (Phi) is 3.31. The zero-order valence-electron chi connectivity index (χ0n) is 11.4. The fraction of sp³-hybridized carbons (Fsp3) is 0.562. The number of rotatable bonds is 4. The van der Waals surface area contributed by atoms with Gasteiger partial charge in [0.05, 0.1) is 6.10 Å². The van der Waals surface area contributed by atoms with E-state index in [-0.39, 0.29) is 11.2 Å². The third-order valence-corrected chi connectivity index (χ3v) is 4.07. The number of ketones is 1. The van der Waals surface area contributed by atoms with E-state index in [1.165, 1.54) is 0 Å². The molecular weight excluding hydrogens is 238 g/mol. The number of hydrogen-bond donors (Lipinski definition) is 1. The van der Waals surface area contributed by atoms with Gasteiger partial charge < -0.3 is 10.1 Å². The van der Waals surface area contributed by atoms with E-state index in [1.54, 1.807) is 0 Å². The molecule has 1 saturated heterocycles. The molecule has 1 N–H and O–H groups in total. The maximum Gasteiger partial charge on any atom is 0.170 e. The molecule has 3 nitrogen and oxygen atoms in total. The number of ether oxygens (including phenoxy) is 1. The summed E-state index contributed by atoms with van der Waals surface area (Å²) in [5.41, 5.74) is 0.514. The normalized spacial score (nSPS) is 27.0. The highest BCUT2D eigenvalue weighted by molar-refractivity contribution is 6.00. The second-order valence-corrected chi connectivity index (χ2v) is 6.02. The van der Waals surface area contributed by atoms with Gasteiger partial charge in [-0.15, -0.1) is 0 Å². The van der Waals surface area contributed by atoms with Gasteiger partial charge in [0.1, 0.15) is 5.75 Å². The summed E-state index contributed by atoms with van der Waals surface area (Å²) in [7, 11) is 0. The molecule has 0 radical (unpaired) electrons. The van der Waals surface area contributed by atoms with Gasteiger partial charge in [-0.25, -0.2) is 0 Å². The first-order chi connectivity index (χ1) is 9.17. The van der Waals surface area contributed by atoms with Crippen LogP contribution in [-0.4, -0.2) is 25.0 Å². The molecule has 1 aromatic carbocycles. The van der Waals surface area contributed by atoms with Gasteiger partial charge in [0.25, 0.3) is 0 Å². The molecule has 0 spiro atoms. The predicted octanol–water partition coefficient (Wildman–Crippen LogP) is 2.80. The lowest BCUT2D eigenvalue weighted by Crippen LogP contribution is -2.43. The van der Waals surface area contributed by atoms with Gasteiger partial charge in [-0.3, -0.25) is 4.79 Å². The Morgan fingerprint density at radius 1 is 1.42 bits per heavy atom. The molecule has 3 heteroatoms. The van der Waals surface area contributed by atoms with Crippen LogP contribution in [0.2, 0.25) is 0 Å². The van der Waals surface area contributed by atoms with Crippen LogP contribution >= 0.6 is 0 Å². The van der Waals surface area contributed by atoms with Gasteiger partial charge >= 0.3 is 0 Å². The van der Waals surface area contributed by atoms with Crippen molar-refractivity contribution in [3.8, 4) is 5.75 Å².